The minimum Gasteiger partial charge on any atom is -0.397 e. The number of anilines is 2. The molecule has 4 nitrogen and oxygen atoms in total. The molecule has 2 amide bonds. The number of hydrogen-bond donors (Lipinski definition) is 2. The van der Waals surface area contributed by atoms with Crippen LogP contribution in [0.3, 0.4) is 0 Å². The summed E-state index contributed by atoms with van der Waals surface area (Å²) >= 11 is 0. The Morgan fingerprint density at radius 2 is 1.76 bits per heavy atom. The molecule has 1 aliphatic heterocycles. The number of carbonyl (C=O) groups excluding carboxylic acids is 1. The van der Waals surface area contributed by atoms with Crippen molar-refractivity contribution in [1.82, 2.24) is 4.90 Å². The lowest BCUT2D eigenvalue weighted by atomic mass is 10.1. The number of amides is 2. The van der Waals surface area contributed by atoms with E-state index in [2.05, 4.69) is 5.32 Å². The third kappa shape index (κ3) is 4.03. The molecule has 2 rings (SSSR count). The van der Waals surface area contributed by atoms with Gasteiger partial charge in [0.2, 0.25) is 0 Å². The van der Waals surface area contributed by atoms with Crippen molar-refractivity contribution in [2.24, 2.45) is 0 Å². The monoisotopic (exact) mass is 301 g/mol. The molecule has 3 N–H and O–H groups in total. The Hall–Kier alpha value is -1.92. The normalized spacial score (nSPS) is 16.4. The first kappa shape index (κ1) is 15.5. The highest BCUT2D eigenvalue weighted by molar-refractivity contribution is 5.92. The molecule has 0 spiro atoms. The highest BCUT2D eigenvalue weighted by Gasteiger charge is 2.31. The van der Waals surface area contributed by atoms with E-state index in [9.17, 15) is 18.0 Å². The van der Waals surface area contributed by atoms with Gasteiger partial charge in [0.1, 0.15) is 0 Å². The number of urea groups is 1. The van der Waals surface area contributed by atoms with Gasteiger partial charge in [0.25, 0.3) is 0 Å². The Morgan fingerprint density at radius 1 is 1.14 bits per heavy atom. The van der Waals surface area contributed by atoms with Crippen molar-refractivity contribution in [1.29, 1.82) is 0 Å². The first-order valence-electron chi connectivity index (χ1n) is 6.90. The first-order chi connectivity index (χ1) is 9.88. The molecule has 1 fully saturated rings. The predicted molar refractivity (Wildman–Crippen MR) is 74.9 cm³/mol. The Balaban J connectivity index is 2.07. The lowest BCUT2D eigenvalue weighted by molar-refractivity contribution is -0.137. The molecular weight excluding hydrogens is 283 g/mol. The molecule has 0 aromatic heterocycles. The zero-order valence-electron chi connectivity index (χ0n) is 11.5. The molecule has 7 heteroatoms. The van der Waals surface area contributed by atoms with E-state index >= 15 is 0 Å². The zero-order chi connectivity index (χ0) is 15.5. The van der Waals surface area contributed by atoms with Crippen molar-refractivity contribution in [3.63, 3.8) is 0 Å². The van der Waals surface area contributed by atoms with Gasteiger partial charge < -0.3 is 16.0 Å². The van der Waals surface area contributed by atoms with Crippen LogP contribution in [0.25, 0.3) is 0 Å². The number of nitrogens with two attached hydrogens (primary N) is 1. The predicted octanol–water partition coefficient (Wildman–Crippen LogP) is 3.70. The number of carbonyl (C=O) groups is 1. The molecule has 0 radical (unpaired) electrons. The highest BCUT2D eigenvalue weighted by atomic mass is 19.4. The van der Waals surface area contributed by atoms with Crippen molar-refractivity contribution in [3.05, 3.63) is 23.8 Å². The van der Waals surface area contributed by atoms with E-state index in [1.165, 1.54) is 6.07 Å². The van der Waals surface area contributed by atoms with Crippen LogP contribution in [0.2, 0.25) is 0 Å². The van der Waals surface area contributed by atoms with Gasteiger partial charge in [0.15, 0.2) is 0 Å². The van der Waals surface area contributed by atoms with Gasteiger partial charge in [-0.2, -0.15) is 13.2 Å². The van der Waals surface area contributed by atoms with Crippen molar-refractivity contribution in [2.45, 2.75) is 31.9 Å². The lowest BCUT2D eigenvalue weighted by Gasteiger charge is -2.21. The number of rotatable bonds is 1. The van der Waals surface area contributed by atoms with Crippen LogP contribution in [0, 0.1) is 0 Å². The van der Waals surface area contributed by atoms with E-state index in [1.807, 2.05) is 0 Å². The summed E-state index contributed by atoms with van der Waals surface area (Å²) in [6.45, 7) is 1.32. The molecule has 1 heterocycles. The summed E-state index contributed by atoms with van der Waals surface area (Å²) in [6, 6.07) is 2.61. The Morgan fingerprint density at radius 3 is 2.29 bits per heavy atom. The van der Waals surface area contributed by atoms with Gasteiger partial charge in [-0.3, -0.25) is 0 Å². The summed E-state index contributed by atoms with van der Waals surface area (Å²) in [5, 5.41) is 2.58. The van der Waals surface area contributed by atoms with E-state index in [1.54, 1.807) is 4.90 Å². The molecular formula is C14H18F3N3O. The average molecular weight is 301 g/mol. The first-order valence-corrected chi connectivity index (χ1v) is 6.90. The lowest BCUT2D eigenvalue weighted by Crippen LogP contribution is -2.35. The van der Waals surface area contributed by atoms with Crippen LogP contribution in [-0.4, -0.2) is 24.0 Å². The number of nitrogens with zero attached hydrogens (tertiary/aromatic N) is 1. The quantitative estimate of drug-likeness (QED) is 0.777. The summed E-state index contributed by atoms with van der Waals surface area (Å²) in [7, 11) is 0. The Bertz CT molecular complexity index is 509. The summed E-state index contributed by atoms with van der Waals surface area (Å²) in [5.74, 6) is 0. The molecule has 1 aromatic carbocycles. The summed E-state index contributed by atoms with van der Waals surface area (Å²) in [6.07, 6.45) is -0.383. The molecule has 21 heavy (non-hydrogen) atoms. The second-order valence-electron chi connectivity index (χ2n) is 5.13. The fraction of sp³-hybridized carbons (Fsp3) is 0.500. The largest absolute Gasteiger partial charge is 0.416 e. The van der Waals surface area contributed by atoms with Crippen LogP contribution in [0.1, 0.15) is 31.2 Å². The summed E-state index contributed by atoms with van der Waals surface area (Å²) in [5.41, 5.74) is 4.88. The maximum absolute atomic E-state index is 12.5. The van der Waals surface area contributed by atoms with Gasteiger partial charge >= 0.3 is 12.2 Å². The fourth-order valence-electron chi connectivity index (χ4n) is 2.32. The minimum atomic E-state index is -4.44. The van der Waals surface area contributed by atoms with E-state index in [0.717, 1.165) is 37.8 Å². The molecule has 1 saturated heterocycles. The molecule has 0 aliphatic carbocycles. The molecule has 0 saturated carbocycles. The van der Waals surface area contributed by atoms with Gasteiger partial charge in [0, 0.05) is 13.1 Å². The second kappa shape index (κ2) is 6.24. The number of nitrogens with one attached hydrogen (secondary N) is 1. The van der Waals surface area contributed by atoms with Crippen molar-refractivity contribution < 1.29 is 18.0 Å². The number of halogens is 3. The van der Waals surface area contributed by atoms with Crippen molar-refractivity contribution in [3.8, 4) is 0 Å². The van der Waals surface area contributed by atoms with Crippen LogP contribution in [0.5, 0.6) is 0 Å². The Kier molecular flexibility index (Phi) is 4.59. The van der Waals surface area contributed by atoms with Crippen molar-refractivity contribution >= 4 is 17.4 Å². The van der Waals surface area contributed by atoms with Crippen LogP contribution in [0.4, 0.5) is 29.3 Å². The van der Waals surface area contributed by atoms with Gasteiger partial charge in [-0.15, -0.1) is 0 Å². The fourth-order valence-corrected chi connectivity index (χ4v) is 2.32. The third-order valence-corrected chi connectivity index (χ3v) is 3.51. The highest BCUT2D eigenvalue weighted by Crippen LogP contribution is 2.32. The standard InChI is InChI=1S/C14H18F3N3O/c15-14(16,17)10-5-6-12(11(18)9-10)19-13(21)20-7-3-1-2-4-8-20/h5-6,9H,1-4,7-8,18H2,(H,19,21). The van der Waals surface area contributed by atoms with Crippen LogP contribution >= 0.6 is 0 Å². The van der Waals surface area contributed by atoms with Crippen LogP contribution in [0.15, 0.2) is 18.2 Å². The minimum absolute atomic E-state index is 0.0898. The van der Waals surface area contributed by atoms with E-state index in [0.29, 0.717) is 13.1 Å². The van der Waals surface area contributed by atoms with E-state index in [-0.39, 0.29) is 17.4 Å². The molecule has 0 unspecified atom stereocenters. The number of alkyl halides is 3. The summed E-state index contributed by atoms with van der Waals surface area (Å²) < 4.78 is 37.6. The van der Waals surface area contributed by atoms with Crippen molar-refractivity contribution in [2.75, 3.05) is 24.1 Å². The van der Waals surface area contributed by atoms with E-state index in [4.69, 9.17) is 5.73 Å². The third-order valence-electron chi connectivity index (χ3n) is 3.51. The van der Waals surface area contributed by atoms with Gasteiger partial charge in [-0.1, -0.05) is 12.8 Å². The van der Waals surface area contributed by atoms with Gasteiger partial charge in [-0.25, -0.2) is 4.79 Å². The smallest absolute Gasteiger partial charge is 0.397 e. The maximum atomic E-state index is 12.5. The SMILES string of the molecule is Nc1cc(C(F)(F)F)ccc1NC(=O)N1CCCCCC1. The van der Waals surface area contributed by atoms with Crippen LogP contribution < -0.4 is 11.1 Å². The number of benzene rings is 1. The number of likely N-dealkylation sites (tertiary alicyclic amines) is 1. The molecule has 1 aliphatic rings. The summed E-state index contributed by atoms with van der Waals surface area (Å²) in [4.78, 5) is 13.8. The molecule has 0 bridgehead atoms. The van der Waals surface area contributed by atoms with E-state index < -0.39 is 11.7 Å². The van der Waals surface area contributed by atoms with Crippen LogP contribution in [-0.2, 0) is 6.18 Å². The number of nitrogen functional groups attached to an aromatic ring is 1. The van der Waals surface area contributed by atoms with Gasteiger partial charge in [0.05, 0.1) is 16.9 Å². The number of hydrogen-bond acceptors (Lipinski definition) is 2. The zero-order valence-corrected chi connectivity index (χ0v) is 11.5. The molecule has 1 aromatic rings. The second-order valence-corrected chi connectivity index (χ2v) is 5.13. The maximum Gasteiger partial charge on any atom is 0.416 e. The van der Waals surface area contributed by atoms with Gasteiger partial charge in [-0.05, 0) is 31.0 Å². The average Bonchev–Trinajstić information content (AvgIpc) is 2.68. The molecule has 0 atom stereocenters. The topological polar surface area (TPSA) is 58.4 Å². The Labute approximate surface area is 121 Å². The molecule has 116 valence electrons.